The van der Waals surface area contributed by atoms with Crippen LogP contribution in [0.15, 0.2) is 18.2 Å². The Labute approximate surface area is 87.2 Å². The molecule has 1 saturated heterocycles. The first-order chi connectivity index (χ1) is 6.62. The van der Waals surface area contributed by atoms with Crippen molar-refractivity contribution in [3.05, 3.63) is 28.8 Å². The van der Waals surface area contributed by atoms with E-state index in [0.29, 0.717) is 18.2 Å². The van der Waals surface area contributed by atoms with Crippen LogP contribution in [0.1, 0.15) is 12.5 Å². The third-order valence-corrected chi connectivity index (χ3v) is 2.63. The molecule has 0 atom stereocenters. The summed E-state index contributed by atoms with van der Waals surface area (Å²) in [6.45, 7) is 2.96. The Morgan fingerprint density at radius 3 is 2.57 bits per heavy atom. The van der Waals surface area contributed by atoms with E-state index >= 15 is 0 Å². The van der Waals surface area contributed by atoms with Gasteiger partial charge in [-0.25, -0.2) is 0 Å². The van der Waals surface area contributed by atoms with Gasteiger partial charge in [0, 0.05) is 5.56 Å². The standard InChI is InChI=1S/C10H11ClO3/c1-10(13-4-5-14-10)7-2-3-8(11)9(12)6-7/h2-3,6,12H,4-5H2,1H3. The molecule has 0 aromatic heterocycles. The predicted octanol–water partition coefficient (Wildman–Crippen LogP) is 2.27. The average molecular weight is 215 g/mol. The summed E-state index contributed by atoms with van der Waals surface area (Å²) >= 11 is 5.70. The second-order valence-electron chi connectivity index (χ2n) is 3.31. The summed E-state index contributed by atoms with van der Waals surface area (Å²) in [4.78, 5) is 0. The Morgan fingerprint density at radius 1 is 1.36 bits per heavy atom. The molecule has 1 aliphatic rings. The molecule has 1 N–H and O–H groups in total. The van der Waals surface area contributed by atoms with E-state index in [9.17, 15) is 5.11 Å². The minimum absolute atomic E-state index is 0.0458. The van der Waals surface area contributed by atoms with E-state index in [0.717, 1.165) is 5.56 Å². The van der Waals surface area contributed by atoms with E-state index in [1.165, 1.54) is 0 Å². The molecule has 0 aliphatic carbocycles. The number of halogens is 1. The third kappa shape index (κ3) is 1.59. The molecular formula is C10H11ClO3. The predicted molar refractivity (Wildman–Crippen MR) is 52.4 cm³/mol. The number of benzene rings is 1. The van der Waals surface area contributed by atoms with Crippen molar-refractivity contribution in [2.24, 2.45) is 0 Å². The molecule has 3 nitrogen and oxygen atoms in total. The maximum absolute atomic E-state index is 9.43. The Bertz CT molecular complexity index is 345. The Kier molecular flexibility index (Phi) is 2.39. The molecule has 0 unspecified atom stereocenters. The summed E-state index contributed by atoms with van der Waals surface area (Å²) in [6.07, 6.45) is 0. The number of ether oxygens (including phenoxy) is 2. The summed E-state index contributed by atoms with van der Waals surface area (Å²) < 4.78 is 10.9. The SMILES string of the molecule is CC1(c2ccc(Cl)c(O)c2)OCCO1. The van der Waals surface area contributed by atoms with Crippen molar-refractivity contribution in [2.45, 2.75) is 12.7 Å². The molecule has 0 amide bonds. The molecule has 2 rings (SSSR count). The van der Waals surface area contributed by atoms with E-state index < -0.39 is 5.79 Å². The lowest BCUT2D eigenvalue weighted by Gasteiger charge is -2.22. The van der Waals surface area contributed by atoms with E-state index in [2.05, 4.69) is 0 Å². The van der Waals surface area contributed by atoms with E-state index in [-0.39, 0.29) is 5.75 Å². The molecule has 4 heteroatoms. The van der Waals surface area contributed by atoms with Gasteiger partial charge in [0.05, 0.1) is 18.2 Å². The Morgan fingerprint density at radius 2 is 2.00 bits per heavy atom. The molecular weight excluding hydrogens is 204 g/mol. The molecule has 1 fully saturated rings. The van der Waals surface area contributed by atoms with Crippen LogP contribution in [0.5, 0.6) is 5.75 Å². The lowest BCUT2D eigenvalue weighted by Crippen LogP contribution is -2.22. The van der Waals surface area contributed by atoms with Crippen molar-refractivity contribution in [1.82, 2.24) is 0 Å². The zero-order chi connectivity index (χ0) is 10.2. The largest absolute Gasteiger partial charge is 0.506 e. The monoisotopic (exact) mass is 214 g/mol. The van der Waals surface area contributed by atoms with Crippen molar-refractivity contribution >= 4 is 11.6 Å². The first kappa shape index (κ1) is 9.77. The van der Waals surface area contributed by atoms with Crippen LogP contribution in [-0.4, -0.2) is 18.3 Å². The van der Waals surface area contributed by atoms with Gasteiger partial charge in [-0.1, -0.05) is 17.7 Å². The number of aromatic hydroxyl groups is 1. The second-order valence-corrected chi connectivity index (χ2v) is 3.72. The summed E-state index contributed by atoms with van der Waals surface area (Å²) in [7, 11) is 0. The molecule has 1 aromatic carbocycles. The lowest BCUT2D eigenvalue weighted by molar-refractivity contribution is -0.149. The van der Waals surface area contributed by atoms with Crippen LogP contribution in [0.25, 0.3) is 0 Å². The second kappa shape index (κ2) is 3.42. The van der Waals surface area contributed by atoms with Crippen molar-refractivity contribution in [2.75, 3.05) is 13.2 Å². The summed E-state index contributed by atoms with van der Waals surface area (Å²) in [5.74, 6) is -0.702. The maximum Gasteiger partial charge on any atom is 0.192 e. The molecule has 1 aromatic rings. The van der Waals surface area contributed by atoms with Gasteiger partial charge in [0.15, 0.2) is 5.79 Å². The van der Waals surface area contributed by atoms with Crippen LogP contribution in [-0.2, 0) is 15.3 Å². The zero-order valence-corrected chi connectivity index (χ0v) is 8.54. The van der Waals surface area contributed by atoms with Crippen molar-refractivity contribution in [1.29, 1.82) is 0 Å². The van der Waals surface area contributed by atoms with Crippen LogP contribution < -0.4 is 0 Å². The number of rotatable bonds is 1. The summed E-state index contributed by atoms with van der Waals surface area (Å²) in [5.41, 5.74) is 0.775. The highest BCUT2D eigenvalue weighted by Crippen LogP contribution is 2.34. The highest BCUT2D eigenvalue weighted by molar-refractivity contribution is 6.32. The normalized spacial score (nSPS) is 19.9. The molecule has 76 valence electrons. The van der Waals surface area contributed by atoms with Gasteiger partial charge >= 0.3 is 0 Å². The first-order valence-electron chi connectivity index (χ1n) is 4.39. The van der Waals surface area contributed by atoms with Gasteiger partial charge in [-0.05, 0) is 19.1 Å². The number of hydrogen-bond acceptors (Lipinski definition) is 3. The highest BCUT2D eigenvalue weighted by atomic mass is 35.5. The van der Waals surface area contributed by atoms with Crippen molar-refractivity contribution in [3.8, 4) is 5.75 Å². The fourth-order valence-corrected chi connectivity index (χ4v) is 1.59. The average Bonchev–Trinajstić information content (AvgIpc) is 2.58. The van der Waals surface area contributed by atoms with E-state index in [1.54, 1.807) is 18.2 Å². The van der Waals surface area contributed by atoms with Crippen LogP contribution >= 0.6 is 11.6 Å². The van der Waals surface area contributed by atoms with Gasteiger partial charge in [-0.3, -0.25) is 0 Å². The van der Waals surface area contributed by atoms with Gasteiger partial charge in [0.1, 0.15) is 5.75 Å². The van der Waals surface area contributed by atoms with Gasteiger partial charge in [-0.2, -0.15) is 0 Å². The number of phenols is 1. The quantitative estimate of drug-likeness (QED) is 0.780. The fraction of sp³-hybridized carbons (Fsp3) is 0.400. The molecule has 0 saturated carbocycles. The molecule has 1 heterocycles. The van der Waals surface area contributed by atoms with E-state index in [4.69, 9.17) is 21.1 Å². The Hall–Kier alpha value is -0.770. The van der Waals surface area contributed by atoms with E-state index in [1.807, 2.05) is 6.92 Å². The Balaban J connectivity index is 2.36. The van der Waals surface area contributed by atoms with Crippen LogP contribution in [0.3, 0.4) is 0 Å². The van der Waals surface area contributed by atoms with Crippen LogP contribution in [0.4, 0.5) is 0 Å². The number of hydrogen-bond donors (Lipinski definition) is 1. The zero-order valence-electron chi connectivity index (χ0n) is 7.79. The smallest absolute Gasteiger partial charge is 0.192 e. The fourth-order valence-electron chi connectivity index (χ4n) is 1.48. The third-order valence-electron chi connectivity index (χ3n) is 2.31. The maximum atomic E-state index is 9.43. The van der Waals surface area contributed by atoms with Crippen molar-refractivity contribution < 1.29 is 14.6 Å². The molecule has 0 spiro atoms. The van der Waals surface area contributed by atoms with Crippen LogP contribution in [0, 0.1) is 0 Å². The summed E-state index contributed by atoms with van der Waals surface area (Å²) in [6, 6.07) is 4.98. The minimum Gasteiger partial charge on any atom is -0.506 e. The molecule has 0 radical (unpaired) electrons. The lowest BCUT2D eigenvalue weighted by atomic mass is 10.1. The van der Waals surface area contributed by atoms with Gasteiger partial charge < -0.3 is 14.6 Å². The van der Waals surface area contributed by atoms with Gasteiger partial charge in [0.25, 0.3) is 0 Å². The molecule has 14 heavy (non-hydrogen) atoms. The summed E-state index contributed by atoms with van der Waals surface area (Å²) in [5, 5.41) is 9.76. The first-order valence-corrected chi connectivity index (χ1v) is 4.76. The molecule has 0 bridgehead atoms. The highest BCUT2D eigenvalue weighted by Gasteiger charge is 2.33. The minimum atomic E-state index is -0.748. The van der Waals surface area contributed by atoms with Crippen LogP contribution in [0.2, 0.25) is 5.02 Å². The topological polar surface area (TPSA) is 38.7 Å². The van der Waals surface area contributed by atoms with Gasteiger partial charge in [0.2, 0.25) is 0 Å². The molecule has 1 aliphatic heterocycles. The van der Waals surface area contributed by atoms with Gasteiger partial charge in [-0.15, -0.1) is 0 Å². The number of phenolic OH excluding ortho intramolecular Hbond substituents is 1. The van der Waals surface area contributed by atoms with Crippen molar-refractivity contribution in [3.63, 3.8) is 0 Å².